The molecular formula is C28H28ClFN4O3. The number of aliphatic hydroxyl groups is 1. The molecule has 2 aliphatic rings. The van der Waals surface area contributed by atoms with Crippen LogP contribution in [0.3, 0.4) is 0 Å². The molecule has 3 heterocycles. The van der Waals surface area contributed by atoms with Crippen molar-refractivity contribution in [2.24, 2.45) is 0 Å². The van der Waals surface area contributed by atoms with Crippen molar-refractivity contribution in [3.05, 3.63) is 64.5 Å². The number of carbonyl (C=O) groups excluding carboxylic acids is 1. The van der Waals surface area contributed by atoms with Gasteiger partial charge < -0.3 is 19.1 Å². The maximum absolute atomic E-state index is 14.4. The van der Waals surface area contributed by atoms with E-state index in [-0.39, 0.29) is 29.1 Å². The number of halogens is 2. The standard InChI is InChI=1S/C28H28ClFN4O3/c1-15-27(16(2)37-32-15)17-3-10-24-23(13-17)31-28(34(24)18-4-7-20(35)8-5-18)25-11-12-26(36)33(25)19-6-9-21(29)22(30)14-19/h3,6,9-10,13-14,18,20,25,35H,4-5,7-8,11-12H2,1-2H3. The second-order valence-electron chi connectivity index (χ2n) is 10.1. The summed E-state index contributed by atoms with van der Waals surface area (Å²) in [6, 6.07) is 10.5. The van der Waals surface area contributed by atoms with Gasteiger partial charge in [-0.3, -0.25) is 4.79 Å². The van der Waals surface area contributed by atoms with Crippen LogP contribution in [0.25, 0.3) is 22.2 Å². The van der Waals surface area contributed by atoms with Crippen LogP contribution in [0.4, 0.5) is 10.1 Å². The monoisotopic (exact) mass is 522 g/mol. The third-order valence-electron chi connectivity index (χ3n) is 7.76. The van der Waals surface area contributed by atoms with E-state index in [1.165, 1.54) is 12.1 Å². The highest BCUT2D eigenvalue weighted by atomic mass is 35.5. The Kier molecular flexibility index (Phi) is 6.04. The van der Waals surface area contributed by atoms with Gasteiger partial charge >= 0.3 is 0 Å². The molecule has 0 bridgehead atoms. The highest BCUT2D eigenvalue weighted by Crippen LogP contribution is 2.42. The van der Waals surface area contributed by atoms with Crippen molar-refractivity contribution < 1.29 is 18.8 Å². The maximum atomic E-state index is 14.4. The van der Waals surface area contributed by atoms with Crippen LogP contribution in [-0.2, 0) is 4.79 Å². The van der Waals surface area contributed by atoms with E-state index in [9.17, 15) is 14.3 Å². The van der Waals surface area contributed by atoms with Gasteiger partial charge in [-0.05, 0) is 81.8 Å². The van der Waals surface area contributed by atoms with Gasteiger partial charge in [-0.25, -0.2) is 9.37 Å². The van der Waals surface area contributed by atoms with E-state index in [0.29, 0.717) is 18.5 Å². The summed E-state index contributed by atoms with van der Waals surface area (Å²) in [5.41, 5.74) is 5.01. The molecule has 0 radical (unpaired) electrons. The third kappa shape index (κ3) is 4.12. The molecule has 37 heavy (non-hydrogen) atoms. The lowest BCUT2D eigenvalue weighted by Gasteiger charge is -2.31. The Morgan fingerprint density at radius 3 is 2.57 bits per heavy atom. The van der Waals surface area contributed by atoms with Crippen LogP contribution < -0.4 is 4.90 Å². The molecule has 0 spiro atoms. The lowest BCUT2D eigenvalue weighted by atomic mass is 9.92. The number of benzene rings is 2. The first-order valence-electron chi connectivity index (χ1n) is 12.7. The van der Waals surface area contributed by atoms with Gasteiger partial charge in [0.2, 0.25) is 5.91 Å². The fraction of sp³-hybridized carbons (Fsp3) is 0.393. The molecule has 2 aromatic heterocycles. The summed E-state index contributed by atoms with van der Waals surface area (Å²) < 4.78 is 22.0. The summed E-state index contributed by atoms with van der Waals surface area (Å²) in [6.45, 7) is 3.81. The molecule has 7 nitrogen and oxygen atoms in total. The van der Waals surface area contributed by atoms with Gasteiger partial charge in [-0.1, -0.05) is 22.8 Å². The van der Waals surface area contributed by atoms with Crippen molar-refractivity contribution in [3.8, 4) is 11.1 Å². The largest absolute Gasteiger partial charge is 0.393 e. The number of fused-ring (bicyclic) bond motifs is 1. The highest BCUT2D eigenvalue weighted by Gasteiger charge is 2.38. The molecule has 1 aliphatic carbocycles. The van der Waals surface area contributed by atoms with E-state index in [2.05, 4.69) is 21.9 Å². The molecule has 6 rings (SSSR count). The average molecular weight is 523 g/mol. The van der Waals surface area contributed by atoms with E-state index >= 15 is 0 Å². The first-order valence-corrected chi connectivity index (χ1v) is 13.1. The van der Waals surface area contributed by atoms with Gasteiger partial charge in [0, 0.05) is 23.7 Å². The van der Waals surface area contributed by atoms with E-state index in [1.807, 2.05) is 19.9 Å². The Bertz CT molecular complexity index is 1490. The molecule has 1 N–H and O–H groups in total. The Labute approximate surface area is 218 Å². The van der Waals surface area contributed by atoms with Crippen LogP contribution >= 0.6 is 11.6 Å². The fourth-order valence-electron chi connectivity index (χ4n) is 5.99. The minimum atomic E-state index is -0.559. The third-order valence-corrected chi connectivity index (χ3v) is 8.07. The number of nitrogens with zero attached hydrogens (tertiary/aromatic N) is 4. The Morgan fingerprint density at radius 2 is 1.86 bits per heavy atom. The van der Waals surface area contributed by atoms with Crippen LogP contribution in [0.2, 0.25) is 5.02 Å². The van der Waals surface area contributed by atoms with Crippen LogP contribution in [0.5, 0.6) is 0 Å². The SMILES string of the molecule is Cc1noc(C)c1-c1ccc2c(c1)nc(C1CCC(=O)N1c1ccc(Cl)c(F)c1)n2C1CCC(O)CC1. The molecule has 1 saturated carbocycles. The molecule has 2 fully saturated rings. The highest BCUT2D eigenvalue weighted by molar-refractivity contribution is 6.30. The van der Waals surface area contributed by atoms with Crippen molar-refractivity contribution in [1.82, 2.24) is 14.7 Å². The number of aromatic nitrogens is 3. The number of hydrogen-bond acceptors (Lipinski definition) is 5. The number of rotatable bonds is 4. The van der Waals surface area contributed by atoms with Gasteiger partial charge in [0.1, 0.15) is 17.4 Å². The summed E-state index contributed by atoms with van der Waals surface area (Å²) in [5, 5.41) is 14.3. The van der Waals surface area contributed by atoms with Crippen molar-refractivity contribution in [2.45, 2.75) is 70.6 Å². The maximum Gasteiger partial charge on any atom is 0.227 e. The normalized spacial score (nSPS) is 22.4. The number of carbonyl (C=O) groups is 1. The van der Waals surface area contributed by atoms with Crippen LogP contribution in [0, 0.1) is 19.7 Å². The molecule has 1 aliphatic heterocycles. The topological polar surface area (TPSA) is 84.4 Å². The van der Waals surface area contributed by atoms with E-state index in [4.69, 9.17) is 21.1 Å². The van der Waals surface area contributed by atoms with Crippen LogP contribution in [0.1, 0.15) is 67.9 Å². The molecular weight excluding hydrogens is 495 g/mol. The smallest absolute Gasteiger partial charge is 0.227 e. The summed E-state index contributed by atoms with van der Waals surface area (Å²) >= 11 is 5.92. The summed E-state index contributed by atoms with van der Waals surface area (Å²) in [6.07, 6.45) is 3.72. The van der Waals surface area contributed by atoms with E-state index in [1.54, 1.807) is 11.0 Å². The summed E-state index contributed by atoms with van der Waals surface area (Å²) in [5.74, 6) is 0.904. The van der Waals surface area contributed by atoms with Crippen LogP contribution in [-0.4, -0.2) is 31.8 Å². The Hall–Kier alpha value is -3.23. The molecule has 4 aromatic rings. The van der Waals surface area contributed by atoms with Gasteiger partial charge in [-0.15, -0.1) is 0 Å². The minimum Gasteiger partial charge on any atom is -0.393 e. The first-order chi connectivity index (χ1) is 17.8. The predicted octanol–water partition coefficient (Wildman–Crippen LogP) is 6.44. The van der Waals surface area contributed by atoms with Crippen molar-refractivity contribution in [2.75, 3.05) is 4.90 Å². The van der Waals surface area contributed by atoms with Crippen molar-refractivity contribution >= 4 is 34.2 Å². The quantitative estimate of drug-likeness (QED) is 0.333. The zero-order valence-corrected chi connectivity index (χ0v) is 21.5. The molecule has 2 aromatic carbocycles. The van der Waals surface area contributed by atoms with Crippen molar-refractivity contribution in [3.63, 3.8) is 0 Å². The predicted molar refractivity (Wildman–Crippen MR) is 139 cm³/mol. The number of imidazole rings is 1. The fourth-order valence-corrected chi connectivity index (χ4v) is 6.11. The molecule has 9 heteroatoms. The zero-order valence-electron chi connectivity index (χ0n) is 20.7. The second-order valence-corrected chi connectivity index (χ2v) is 10.5. The second kappa shape index (κ2) is 9.26. The number of hydrogen-bond donors (Lipinski definition) is 1. The summed E-state index contributed by atoms with van der Waals surface area (Å²) in [7, 11) is 0. The Morgan fingerprint density at radius 1 is 1.08 bits per heavy atom. The summed E-state index contributed by atoms with van der Waals surface area (Å²) in [4.78, 5) is 19.8. The average Bonchev–Trinajstić information content (AvgIpc) is 3.55. The molecule has 1 saturated heterocycles. The molecule has 1 atom stereocenters. The molecule has 192 valence electrons. The van der Waals surface area contributed by atoms with Gasteiger partial charge in [0.25, 0.3) is 0 Å². The molecule has 1 unspecified atom stereocenters. The zero-order chi connectivity index (χ0) is 25.8. The number of anilines is 1. The van der Waals surface area contributed by atoms with E-state index in [0.717, 1.165) is 65.1 Å². The van der Waals surface area contributed by atoms with Gasteiger partial charge in [-0.2, -0.15) is 0 Å². The van der Waals surface area contributed by atoms with Gasteiger partial charge in [0.05, 0.1) is 33.9 Å². The lowest BCUT2D eigenvalue weighted by Crippen LogP contribution is -2.31. The Balaban J connectivity index is 1.50. The molecule has 1 amide bonds. The van der Waals surface area contributed by atoms with Crippen molar-refractivity contribution in [1.29, 1.82) is 0 Å². The number of amides is 1. The first kappa shape index (κ1) is 24.1. The number of aryl methyl sites for hydroxylation is 2. The van der Waals surface area contributed by atoms with E-state index < -0.39 is 5.82 Å². The minimum absolute atomic E-state index is 0.0202. The van der Waals surface area contributed by atoms with Gasteiger partial charge in [0.15, 0.2) is 0 Å². The number of aliphatic hydroxyl groups excluding tert-OH is 1. The lowest BCUT2D eigenvalue weighted by molar-refractivity contribution is -0.117. The van der Waals surface area contributed by atoms with Crippen LogP contribution in [0.15, 0.2) is 40.9 Å².